The molecule has 0 spiro atoms. The van der Waals surface area contributed by atoms with E-state index in [4.69, 9.17) is 4.42 Å². The van der Waals surface area contributed by atoms with Crippen LogP contribution >= 0.6 is 11.3 Å². The molecule has 7 heteroatoms. The summed E-state index contributed by atoms with van der Waals surface area (Å²) in [7, 11) is 0. The summed E-state index contributed by atoms with van der Waals surface area (Å²) >= 11 is 1.27. The first-order valence-electron chi connectivity index (χ1n) is 8.56. The van der Waals surface area contributed by atoms with E-state index in [1.807, 2.05) is 12.1 Å². The van der Waals surface area contributed by atoms with Crippen LogP contribution < -0.4 is 10.6 Å². The van der Waals surface area contributed by atoms with Crippen LogP contribution in [0.5, 0.6) is 0 Å². The second-order valence-electron chi connectivity index (χ2n) is 6.18. The molecule has 0 aliphatic carbocycles. The van der Waals surface area contributed by atoms with E-state index >= 15 is 0 Å². The molecule has 2 aromatic rings. The molecule has 6 nitrogen and oxygen atoms in total. The normalized spacial score (nSPS) is 16.4. The molecule has 2 amide bonds. The number of furan rings is 1. The molecule has 1 aliphatic heterocycles. The third-order valence-corrected chi connectivity index (χ3v) is 5.29. The second-order valence-corrected chi connectivity index (χ2v) is 7.27. The topological polar surface area (TPSA) is 74.6 Å². The average Bonchev–Trinajstić information content (AvgIpc) is 3.27. The third kappa shape index (κ3) is 4.70. The van der Waals surface area contributed by atoms with Crippen molar-refractivity contribution in [2.45, 2.75) is 32.2 Å². The van der Waals surface area contributed by atoms with Crippen molar-refractivity contribution in [3.8, 4) is 0 Å². The van der Waals surface area contributed by atoms with Gasteiger partial charge in [-0.15, -0.1) is 11.3 Å². The van der Waals surface area contributed by atoms with Gasteiger partial charge in [0.05, 0.1) is 22.2 Å². The number of carbonyl (C=O) groups is 2. The van der Waals surface area contributed by atoms with E-state index in [0.29, 0.717) is 16.4 Å². The molecular weight excluding hydrogens is 338 g/mol. The Morgan fingerprint density at radius 1 is 1.24 bits per heavy atom. The van der Waals surface area contributed by atoms with Crippen LogP contribution in [0.3, 0.4) is 0 Å². The van der Waals surface area contributed by atoms with Crippen LogP contribution in [0, 0.1) is 0 Å². The smallest absolute Gasteiger partial charge is 0.261 e. The molecule has 2 aromatic heterocycles. The van der Waals surface area contributed by atoms with Gasteiger partial charge in [-0.3, -0.25) is 14.5 Å². The van der Waals surface area contributed by atoms with Crippen LogP contribution in [0.1, 0.15) is 47.7 Å². The van der Waals surface area contributed by atoms with Gasteiger partial charge in [-0.05, 0) is 50.2 Å². The van der Waals surface area contributed by atoms with Gasteiger partial charge in [0, 0.05) is 13.5 Å². The molecule has 0 aromatic carbocycles. The Hall–Kier alpha value is -2.12. The zero-order chi connectivity index (χ0) is 17.6. The van der Waals surface area contributed by atoms with E-state index in [-0.39, 0.29) is 17.9 Å². The van der Waals surface area contributed by atoms with Gasteiger partial charge in [-0.1, -0.05) is 6.42 Å². The van der Waals surface area contributed by atoms with Crippen molar-refractivity contribution < 1.29 is 14.0 Å². The molecule has 0 saturated carbocycles. The number of nitrogens with zero attached hydrogens (tertiary/aromatic N) is 1. The summed E-state index contributed by atoms with van der Waals surface area (Å²) in [5, 5.41) is 6.38. The van der Waals surface area contributed by atoms with E-state index in [2.05, 4.69) is 15.5 Å². The minimum absolute atomic E-state index is 0.0500. The molecule has 1 saturated heterocycles. The number of amides is 2. The monoisotopic (exact) mass is 361 g/mol. The third-order valence-electron chi connectivity index (χ3n) is 4.29. The van der Waals surface area contributed by atoms with Crippen molar-refractivity contribution in [2.24, 2.45) is 0 Å². The highest BCUT2D eigenvalue weighted by Gasteiger charge is 2.25. The van der Waals surface area contributed by atoms with Crippen molar-refractivity contribution in [3.05, 3.63) is 41.2 Å². The number of hydrogen-bond donors (Lipinski definition) is 2. The first-order chi connectivity index (χ1) is 12.1. The van der Waals surface area contributed by atoms with E-state index in [0.717, 1.165) is 18.8 Å². The van der Waals surface area contributed by atoms with Gasteiger partial charge in [-0.2, -0.15) is 0 Å². The Morgan fingerprint density at radius 3 is 2.72 bits per heavy atom. The van der Waals surface area contributed by atoms with Crippen molar-refractivity contribution >= 4 is 28.2 Å². The first kappa shape index (κ1) is 17.7. The number of anilines is 1. The van der Waals surface area contributed by atoms with E-state index in [1.165, 1.54) is 37.5 Å². The fourth-order valence-electron chi connectivity index (χ4n) is 3.10. The number of carbonyl (C=O) groups excluding carboxylic acids is 2. The summed E-state index contributed by atoms with van der Waals surface area (Å²) in [5.41, 5.74) is 0. The van der Waals surface area contributed by atoms with Crippen molar-refractivity contribution in [3.63, 3.8) is 0 Å². The molecule has 1 fully saturated rings. The summed E-state index contributed by atoms with van der Waals surface area (Å²) in [5.74, 6) is 0.610. The SMILES string of the molecule is CC(=O)Nc1ccc(C(=O)NCC(c2ccco2)N2CCCCC2)s1. The molecule has 25 heavy (non-hydrogen) atoms. The standard InChI is InChI=1S/C18H23N3O3S/c1-13(22)20-17-8-7-16(25-17)18(23)19-12-14(15-6-5-11-24-15)21-9-3-2-4-10-21/h5-8,11,14H,2-4,9-10,12H2,1H3,(H,19,23)(H,20,22). The number of thiophene rings is 1. The zero-order valence-electron chi connectivity index (χ0n) is 14.3. The number of likely N-dealkylation sites (tertiary alicyclic amines) is 1. The lowest BCUT2D eigenvalue weighted by Gasteiger charge is -2.33. The van der Waals surface area contributed by atoms with Crippen molar-refractivity contribution in [2.75, 3.05) is 25.0 Å². The fraction of sp³-hybridized carbons (Fsp3) is 0.444. The highest BCUT2D eigenvalue weighted by Crippen LogP contribution is 2.25. The molecule has 2 N–H and O–H groups in total. The number of hydrogen-bond acceptors (Lipinski definition) is 5. The lowest BCUT2D eigenvalue weighted by molar-refractivity contribution is -0.114. The quantitative estimate of drug-likeness (QED) is 0.828. The molecule has 3 heterocycles. The van der Waals surface area contributed by atoms with Crippen LogP contribution in [-0.4, -0.2) is 36.3 Å². The van der Waals surface area contributed by atoms with Gasteiger partial charge in [0.15, 0.2) is 0 Å². The van der Waals surface area contributed by atoms with Gasteiger partial charge in [0.1, 0.15) is 5.76 Å². The van der Waals surface area contributed by atoms with Gasteiger partial charge in [0.25, 0.3) is 5.91 Å². The summed E-state index contributed by atoms with van der Waals surface area (Å²) < 4.78 is 5.60. The van der Waals surface area contributed by atoms with Crippen molar-refractivity contribution in [1.82, 2.24) is 10.2 Å². The minimum Gasteiger partial charge on any atom is -0.468 e. The Kier molecular flexibility index (Phi) is 5.88. The molecular formula is C18H23N3O3S. The van der Waals surface area contributed by atoms with Crippen LogP contribution in [0.15, 0.2) is 34.9 Å². The predicted octanol–water partition coefficient (Wildman–Crippen LogP) is 3.26. The van der Waals surface area contributed by atoms with Crippen LogP contribution in [0.2, 0.25) is 0 Å². The zero-order valence-corrected chi connectivity index (χ0v) is 15.1. The van der Waals surface area contributed by atoms with Crippen LogP contribution in [0.4, 0.5) is 5.00 Å². The van der Waals surface area contributed by atoms with Crippen LogP contribution in [0.25, 0.3) is 0 Å². The van der Waals surface area contributed by atoms with Gasteiger partial charge in [-0.25, -0.2) is 0 Å². The molecule has 1 atom stereocenters. The predicted molar refractivity (Wildman–Crippen MR) is 97.8 cm³/mol. The number of nitrogens with one attached hydrogen (secondary N) is 2. The summed E-state index contributed by atoms with van der Waals surface area (Å²) in [6, 6.07) is 7.37. The maximum Gasteiger partial charge on any atom is 0.261 e. The maximum absolute atomic E-state index is 12.4. The summed E-state index contributed by atoms with van der Waals surface area (Å²) in [6.07, 6.45) is 5.29. The molecule has 0 radical (unpaired) electrons. The lowest BCUT2D eigenvalue weighted by Crippen LogP contribution is -2.40. The molecule has 3 rings (SSSR count). The second kappa shape index (κ2) is 8.31. The average molecular weight is 361 g/mol. The molecule has 134 valence electrons. The fourth-order valence-corrected chi connectivity index (χ4v) is 3.97. The van der Waals surface area contributed by atoms with E-state index in [1.54, 1.807) is 18.4 Å². The van der Waals surface area contributed by atoms with Crippen LogP contribution in [-0.2, 0) is 4.79 Å². The Bertz CT molecular complexity index is 705. The van der Waals surface area contributed by atoms with Gasteiger partial charge >= 0.3 is 0 Å². The van der Waals surface area contributed by atoms with Gasteiger partial charge in [0.2, 0.25) is 5.91 Å². The van der Waals surface area contributed by atoms with E-state index < -0.39 is 0 Å². The molecule has 0 bridgehead atoms. The van der Waals surface area contributed by atoms with Crippen molar-refractivity contribution in [1.29, 1.82) is 0 Å². The lowest BCUT2D eigenvalue weighted by atomic mass is 10.1. The minimum atomic E-state index is -0.142. The Balaban J connectivity index is 1.63. The highest BCUT2D eigenvalue weighted by atomic mass is 32.1. The number of rotatable bonds is 6. The molecule has 1 aliphatic rings. The largest absolute Gasteiger partial charge is 0.468 e. The highest BCUT2D eigenvalue weighted by molar-refractivity contribution is 7.18. The maximum atomic E-state index is 12.4. The Labute approximate surface area is 151 Å². The van der Waals surface area contributed by atoms with E-state index in [9.17, 15) is 9.59 Å². The Morgan fingerprint density at radius 2 is 2.04 bits per heavy atom. The summed E-state index contributed by atoms with van der Waals surface area (Å²) in [6.45, 7) is 3.99. The first-order valence-corrected chi connectivity index (χ1v) is 9.38. The summed E-state index contributed by atoms with van der Waals surface area (Å²) in [4.78, 5) is 26.5. The number of piperidine rings is 1. The molecule has 1 unspecified atom stereocenters. The van der Waals surface area contributed by atoms with Gasteiger partial charge < -0.3 is 15.1 Å².